The number of rotatable bonds is 4. The van der Waals surface area contributed by atoms with Crippen LogP contribution in [0.2, 0.25) is 0 Å². The molecule has 5 nitrogen and oxygen atoms in total. The Balaban J connectivity index is 1.72. The Labute approximate surface area is 166 Å². The molecule has 0 spiro atoms. The average Bonchev–Trinajstić information content (AvgIpc) is 2.72. The third-order valence-electron chi connectivity index (χ3n) is 4.39. The van der Waals surface area contributed by atoms with Gasteiger partial charge in [0.1, 0.15) is 11.6 Å². The standard InChI is InChI=1S/C21H18F3N3O2/c22-21(23,24)17-2-1-3-18(13-17)26-20(28)16(14-25)12-15-4-6-19(7-5-15)27-8-10-29-11-9-27/h1-7,12-13H,8-11H2,(H,26,28)/b16-12-. The predicted octanol–water partition coefficient (Wildman–Crippen LogP) is 4.09. The number of nitrogens with one attached hydrogen (secondary N) is 1. The van der Waals surface area contributed by atoms with Crippen molar-refractivity contribution in [2.45, 2.75) is 6.18 Å². The van der Waals surface area contributed by atoms with Gasteiger partial charge in [0.05, 0.1) is 18.8 Å². The molecule has 1 amide bonds. The summed E-state index contributed by atoms with van der Waals surface area (Å²) >= 11 is 0. The van der Waals surface area contributed by atoms with Crippen LogP contribution in [0, 0.1) is 11.3 Å². The summed E-state index contributed by atoms with van der Waals surface area (Å²) in [4.78, 5) is 14.5. The molecule has 0 unspecified atom stereocenters. The lowest BCUT2D eigenvalue weighted by atomic mass is 10.1. The summed E-state index contributed by atoms with van der Waals surface area (Å²) < 4.78 is 43.7. The monoisotopic (exact) mass is 401 g/mol. The molecule has 8 heteroatoms. The van der Waals surface area contributed by atoms with E-state index >= 15 is 0 Å². The number of ether oxygens (including phenoxy) is 1. The highest BCUT2D eigenvalue weighted by Crippen LogP contribution is 2.30. The molecule has 3 rings (SSSR count). The average molecular weight is 401 g/mol. The normalized spacial score (nSPS) is 15.0. The number of halogens is 3. The lowest BCUT2D eigenvalue weighted by Gasteiger charge is -2.28. The van der Waals surface area contributed by atoms with Gasteiger partial charge in [0.25, 0.3) is 5.91 Å². The molecule has 29 heavy (non-hydrogen) atoms. The van der Waals surface area contributed by atoms with Crippen molar-refractivity contribution in [1.29, 1.82) is 5.26 Å². The van der Waals surface area contributed by atoms with Crippen LogP contribution in [0.1, 0.15) is 11.1 Å². The van der Waals surface area contributed by atoms with E-state index in [-0.39, 0.29) is 11.3 Å². The Morgan fingerprint density at radius 3 is 2.45 bits per heavy atom. The second kappa shape index (κ2) is 8.80. The fraction of sp³-hybridized carbons (Fsp3) is 0.238. The van der Waals surface area contributed by atoms with Crippen molar-refractivity contribution in [1.82, 2.24) is 0 Å². The molecule has 1 heterocycles. The molecule has 150 valence electrons. The third-order valence-corrected chi connectivity index (χ3v) is 4.39. The molecule has 2 aromatic rings. The predicted molar refractivity (Wildman–Crippen MR) is 103 cm³/mol. The number of alkyl halides is 3. The highest BCUT2D eigenvalue weighted by Gasteiger charge is 2.30. The number of hydrogen-bond acceptors (Lipinski definition) is 4. The number of benzene rings is 2. The topological polar surface area (TPSA) is 65.4 Å². The van der Waals surface area contributed by atoms with Crippen LogP contribution in [-0.4, -0.2) is 32.2 Å². The number of hydrogen-bond donors (Lipinski definition) is 1. The Morgan fingerprint density at radius 1 is 1.14 bits per heavy atom. The van der Waals surface area contributed by atoms with Gasteiger partial charge in [-0.05, 0) is 42.0 Å². The number of amides is 1. The fourth-order valence-corrected chi connectivity index (χ4v) is 2.89. The zero-order valence-electron chi connectivity index (χ0n) is 15.4. The number of carbonyl (C=O) groups excluding carboxylic acids is 1. The summed E-state index contributed by atoms with van der Waals surface area (Å²) in [5.74, 6) is -0.774. The van der Waals surface area contributed by atoms with Crippen LogP contribution >= 0.6 is 0 Å². The van der Waals surface area contributed by atoms with Crippen molar-refractivity contribution in [3.8, 4) is 6.07 Å². The molecule has 0 aliphatic carbocycles. The Morgan fingerprint density at radius 2 is 1.83 bits per heavy atom. The fourth-order valence-electron chi connectivity index (χ4n) is 2.89. The van der Waals surface area contributed by atoms with Crippen LogP contribution in [0.3, 0.4) is 0 Å². The molecule has 1 aliphatic heterocycles. The second-order valence-electron chi connectivity index (χ2n) is 6.39. The van der Waals surface area contributed by atoms with Gasteiger partial charge in [-0.25, -0.2) is 0 Å². The van der Waals surface area contributed by atoms with Crippen molar-refractivity contribution in [2.24, 2.45) is 0 Å². The minimum absolute atomic E-state index is 0.0337. The summed E-state index contributed by atoms with van der Waals surface area (Å²) in [7, 11) is 0. The zero-order chi connectivity index (χ0) is 20.9. The molecular weight excluding hydrogens is 383 g/mol. The minimum Gasteiger partial charge on any atom is -0.378 e. The van der Waals surface area contributed by atoms with E-state index in [1.165, 1.54) is 18.2 Å². The first-order valence-corrected chi connectivity index (χ1v) is 8.90. The Bertz CT molecular complexity index is 941. The van der Waals surface area contributed by atoms with E-state index in [4.69, 9.17) is 4.74 Å². The van der Waals surface area contributed by atoms with Gasteiger partial charge in [0.2, 0.25) is 0 Å². The van der Waals surface area contributed by atoms with E-state index in [1.807, 2.05) is 12.1 Å². The van der Waals surface area contributed by atoms with Crippen molar-refractivity contribution in [2.75, 3.05) is 36.5 Å². The number of morpholine rings is 1. The van der Waals surface area contributed by atoms with Crippen LogP contribution in [0.5, 0.6) is 0 Å². The van der Waals surface area contributed by atoms with Crippen molar-refractivity contribution in [3.05, 3.63) is 65.2 Å². The van der Waals surface area contributed by atoms with E-state index in [9.17, 15) is 23.2 Å². The van der Waals surface area contributed by atoms with Crippen molar-refractivity contribution >= 4 is 23.4 Å². The first-order valence-electron chi connectivity index (χ1n) is 8.90. The van der Waals surface area contributed by atoms with Crippen LogP contribution in [0.4, 0.5) is 24.5 Å². The maximum absolute atomic E-state index is 12.8. The molecular formula is C21H18F3N3O2. The van der Waals surface area contributed by atoms with Crippen molar-refractivity contribution in [3.63, 3.8) is 0 Å². The molecule has 0 saturated carbocycles. The van der Waals surface area contributed by atoms with Gasteiger partial charge >= 0.3 is 6.18 Å². The van der Waals surface area contributed by atoms with E-state index in [2.05, 4.69) is 10.2 Å². The van der Waals surface area contributed by atoms with Gasteiger partial charge in [0, 0.05) is 24.5 Å². The van der Waals surface area contributed by atoms with E-state index in [0.29, 0.717) is 18.8 Å². The van der Waals surface area contributed by atoms with Gasteiger partial charge in [0.15, 0.2) is 0 Å². The van der Waals surface area contributed by atoms with Crippen LogP contribution in [0.15, 0.2) is 54.1 Å². The van der Waals surface area contributed by atoms with E-state index < -0.39 is 17.6 Å². The van der Waals surface area contributed by atoms with Crippen LogP contribution in [-0.2, 0) is 15.7 Å². The summed E-state index contributed by atoms with van der Waals surface area (Å²) in [6.45, 7) is 2.90. The van der Waals surface area contributed by atoms with Gasteiger partial charge in [-0.1, -0.05) is 18.2 Å². The second-order valence-corrected chi connectivity index (χ2v) is 6.39. The molecule has 0 radical (unpaired) electrons. The number of carbonyl (C=O) groups is 1. The molecule has 1 fully saturated rings. The smallest absolute Gasteiger partial charge is 0.378 e. The molecule has 1 aliphatic rings. The molecule has 0 aromatic heterocycles. The van der Waals surface area contributed by atoms with E-state index in [0.717, 1.165) is 30.9 Å². The molecule has 2 aromatic carbocycles. The van der Waals surface area contributed by atoms with Crippen LogP contribution in [0.25, 0.3) is 6.08 Å². The highest BCUT2D eigenvalue weighted by atomic mass is 19.4. The van der Waals surface area contributed by atoms with Gasteiger partial charge in [-0.15, -0.1) is 0 Å². The van der Waals surface area contributed by atoms with Crippen LogP contribution < -0.4 is 10.2 Å². The summed E-state index contributed by atoms with van der Waals surface area (Å²) in [5, 5.41) is 11.6. The summed E-state index contributed by atoms with van der Waals surface area (Å²) in [6, 6.07) is 13.4. The summed E-state index contributed by atoms with van der Waals surface area (Å²) in [6.07, 6.45) is -3.12. The minimum atomic E-state index is -4.52. The first kappa shape index (κ1) is 20.4. The maximum atomic E-state index is 12.8. The largest absolute Gasteiger partial charge is 0.416 e. The lowest BCUT2D eigenvalue weighted by Crippen LogP contribution is -2.36. The SMILES string of the molecule is N#C/C(=C/c1ccc(N2CCOCC2)cc1)C(=O)Nc1cccc(C(F)(F)F)c1. The van der Waals surface area contributed by atoms with Crippen molar-refractivity contribution < 1.29 is 22.7 Å². The van der Waals surface area contributed by atoms with Gasteiger partial charge in [-0.3, -0.25) is 4.79 Å². The molecule has 0 atom stereocenters. The van der Waals surface area contributed by atoms with Gasteiger partial charge < -0.3 is 15.0 Å². The maximum Gasteiger partial charge on any atom is 0.416 e. The molecule has 1 N–H and O–H groups in total. The Kier molecular flexibility index (Phi) is 6.20. The molecule has 1 saturated heterocycles. The first-order chi connectivity index (χ1) is 13.9. The van der Waals surface area contributed by atoms with E-state index in [1.54, 1.807) is 18.2 Å². The van der Waals surface area contributed by atoms with Gasteiger partial charge in [-0.2, -0.15) is 18.4 Å². The quantitative estimate of drug-likeness (QED) is 0.619. The lowest BCUT2D eigenvalue weighted by molar-refractivity contribution is -0.137. The number of nitriles is 1. The third kappa shape index (κ3) is 5.36. The summed E-state index contributed by atoms with van der Waals surface area (Å²) in [5.41, 5.74) is 0.529. The Hall–Kier alpha value is -3.31. The number of anilines is 2. The number of nitrogens with zero attached hydrogens (tertiary/aromatic N) is 2. The highest BCUT2D eigenvalue weighted by molar-refractivity contribution is 6.09. The molecule has 0 bridgehead atoms. The zero-order valence-corrected chi connectivity index (χ0v) is 15.4.